The first-order valence-corrected chi connectivity index (χ1v) is 6.62. The number of likely N-dealkylation sites (tertiary alicyclic amines) is 1. The summed E-state index contributed by atoms with van der Waals surface area (Å²) in [7, 11) is 0. The maximum Gasteiger partial charge on any atom is 0.307 e. The molecule has 1 fully saturated rings. The zero-order valence-corrected chi connectivity index (χ0v) is 11.6. The lowest BCUT2D eigenvalue weighted by Crippen LogP contribution is -2.26. The summed E-state index contributed by atoms with van der Waals surface area (Å²) in [5.74, 6) is -1.10. The van der Waals surface area contributed by atoms with E-state index in [1.165, 1.54) is 0 Å². The summed E-state index contributed by atoms with van der Waals surface area (Å²) < 4.78 is 0. The predicted octanol–water partition coefficient (Wildman–Crippen LogP) is 2.37. The van der Waals surface area contributed by atoms with Crippen molar-refractivity contribution in [3.63, 3.8) is 0 Å². The third-order valence-corrected chi connectivity index (χ3v) is 4.03. The van der Waals surface area contributed by atoms with Crippen molar-refractivity contribution >= 4 is 11.7 Å². The van der Waals surface area contributed by atoms with E-state index >= 15 is 0 Å². The smallest absolute Gasteiger partial charge is 0.307 e. The number of aliphatic carboxylic acids is 1. The highest BCUT2D eigenvalue weighted by Gasteiger charge is 2.31. The molecule has 108 valence electrons. The lowest BCUT2D eigenvalue weighted by molar-refractivity contribution is -0.385. The van der Waals surface area contributed by atoms with Crippen LogP contribution in [0.3, 0.4) is 0 Å². The summed E-state index contributed by atoms with van der Waals surface area (Å²) in [5, 5.41) is 20.0. The summed E-state index contributed by atoms with van der Waals surface area (Å²) in [6.45, 7) is 4.87. The Morgan fingerprint density at radius 3 is 2.80 bits per heavy atom. The number of nitro benzene ring substituents is 1. The zero-order chi connectivity index (χ0) is 14.9. The van der Waals surface area contributed by atoms with Crippen molar-refractivity contribution in [2.24, 2.45) is 5.92 Å². The van der Waals surface area contributed by atoms with Crippen molar-refractivity contribution < 1.29 is 14.8 Å². The molecule has 1 heterocycles. The minimum atomic E-state index is -0.769. The second kappa shape index (κ2) is 5.58. The molecule has 0 radical (unpaired) electrons. The maximum atomic E-state index is 11.0. The van der Waals surface area contributed by atoms with Crippen molar-refractivity contribution in [1.82, 2.24) is 4.90 Å². The van der Waals surface area contributed by atoms with Gasteiger partial charge in [-0.05, 0) is 32.4 Å². The second-order valence-electron chi connectivity index (χ2n) is 5.30. The normalized spacial score (nSPS) is 20.8. The van der Waals surface area contributed by atoms with Gasteiger partial charge in [-0.15, -0.1) is 0 Å². The quantitative estimate of drug-likeness (QED) is 0.675. The molecule has 0 amide bonds. The highest BCUT2D eigenvalue weighted by Crippen LogP contribution is 2.30. The van der Waals surface area contributed by atoms with E-state index < -0.39 is 5.97 Å². The highest BCUT2D eigenvalue weighted by atomic mass is 16.6. The van der Waals surface area contributed by atoms with Crippen LogP contribution in [0, 0.1) is 23.0 Å². The van der Waals surface area contributed by atoms with Crippen LogP contribution in [0.5, 0.6) is 0 Å². The number of carboxylic acids is 1. The third kappa shape index (κ3) is 2.80. The Hall–Kier alpha value is -1.95. The molecule has 0 aromatic heterocycles. The molecule has 6 nitrogen and oxygen atoms in total. The lowest BCUT2D eigenvalue weighted by atomic mass is 10.0. The van der Waals surface area contributed by atoms with E-state index in [9.17, 15) is 14.9 Å². The van der Waals surface area contributed by atoms with Crippen LogP contribution in [-0.2, 0) is 4.79 Å². The van der Waals surface area contributed by atoms with Crippen LogP contribution in [0.15, 0.2) is 18.2 Å². The Kier molecular flexibility index (Phi) is 4.04. The predicted molar refractivity (Wildman–Crippen MR) is 73.6 cm³/mol. The van der Waals surface area contributed by atoms with Crippen LogP contribution < -0.4 is 0 Å². The van der Waals surface area contributed by atoms with Crippen LogP contribution in [-0.4, -0.2) is 34.0 Å². The molecule has 0 spiro atoms. The van der Waals surface area contributed by atoms with E-state index in [-0.39, 0.29) is 22.6 Å². The molecular formula is C14H18N2O4. The van der Waals surface area contributed by atoms with E-state index in [2.05, 4.69) is 4.90 Å². The summed E-state index contributed by atoms with van der Waals surface area (Å²) in [4.78, 5) is 23.6. The highest BCUT2D eigenvalue weighted by molar-refractivity contribution is 5.70. The van der Waals surface area contributed by atoms with Crippen LogP contribution in [0.1, 0.15) is 30.5 Å². The van der Waals surface area contributed by atoms with Gasteiger partial charge < -0.3 is 5.11 Å². The Balaban J connectivity index is 2.18. The Morgan fingerprint density at radius 2 is 2.25 bits per heavy atom. The number of carbonyl (C=O) groups is 1. The molecule has 1 aliphatic rings. The number of hydrogen-bond donors (Lipinski definition) is 1. The summed E-state index contributed by atoms with van der Waals surface area (Å²) in [6.07, 6.45) is 0.633. The van der Waals surface area contributed by atoms with E-state index in [1.807, 2.05) is 13.0 Å². The summed E-state index contributed by atoms with van der Waals surface area (Å²) in [5.41, 5.74) is 1.60. The van der Waals surface area contributed by atoms with Gasteiger partial charge in [0.1, 0.15) is 0 Å². The van der Waals surface area contributed by atoms with E-state index in [1.54, 1.807) is 19.1 Å². The fourth-order valence-corrected chi connectivity index (χ4v) is 2.63. The van der Waals surface area contributed by atoms with Gasteiger partial charge in [0.15, 0.2) is 0 Å². The monoisotopic (exact) mass is 278 g/mol. The molecule has 0 aliphatic carbocycles. The molecule has 6 heteroatoms. The standard InChI is InChI=1S/C14H18N2O4/c1-9-3-4-11(7-13(9)16(19)20)10(2)15-6-5-12(8-15)14(17)18/h3-4,7,10,12H,5-6,8H2,1-2H3,(H,17,18). The molecule has 0 bridgehead atoms. The SMILES string of the molecule is Cc1ccc(C(C)N2CCC(C(=O)O)C2)cc1[N+](=O)[O-]. The van der Waals surface area contributed by atoms with Gasteiger partial charge in [0, 0.05) is 24.2 Å². The summed E-state index contributed by atoms with van der Waals surface area (Å²) >= 11 is 0. The molecule has 1 aromatic rings. The first kappa shape index (κ1) is 14.5. The maximum absolute atomic E-state index is 11.0. The Bertz CT molecular complexity index is 544. The van der Waals surface area contributed by atoms with Crippen molar-refractivity contribution in [3.8, 4) is 0 Å². The van der Waals surface area contributed by atoms with Gasteiger partial charge in [-0.3, -0.25) is 19.8 Å². The zero-order valence-electron chi connectivity index (χ0n) is 11.6. The van der Waals surface area contributed by atoms with Gasteiger partial charge in [0.25, 0.3) is 5.69 Å². The van der Waals surface area contributed by atoms with Gasteiger partial charge in [-0.1, -0.05) is 12.1 Å². The molecule has 2 atom stereocenters. The van der Waals surface area contributed by atoms with E-state index in [4.69, 9.17) is 5.11 Å². The number of nitrogens with zero attached hydrogens (tertiary/aromatic N) is 2. The summed E-state index contributed by atoms with van der Waals surface area (Å²) in [6, 6.07) is 5.20. The molecule has 2 unspecified atom stereocenters. The third-order valence-electron chi connectivity index (χ3n) is 4.03. The largest absolute Gasteiger partial charge is 0.481 e. The van der Waals surface area contributed by atoms with Gasteiger partial charge in [-0.25, -0.2) is 0 Å². The molecule has 1 saturated heterocycles. The number of hydrogen-bond acceptors (Lipinski definition) is 4. The minimum absolute atomic E-state index is 0.0151. The number of aryl methyl sites for hydroxylation is 1. The van der Waals surface area contributed by atoms with Crippen molar-refractivity contribution in [1.29, 1.82) is 0 Å². The van der Waals surface area contributed by atoms with Crippen LogP contribution in [0.25, 0.3) is 0 Å². The number of carboxylic acid groups (broad SMARTS) is 1. The van der Waals surface area contributed by atoms with Gasteiger partial charge in [0.05, 0.1) is 10.8 Å². The van der Waals surface area contributed by atoms with Gasteiger partial charge in [0.2, 0.25) is 0 Å². The lowest BCUT2D eigenvalue weighted by Gasteiger charge is -2.24. The topological polar surface area (TPSA) is 83.7 Å². The molecule has 0 saturated carbocycles. The van der Waals surface area contributed by atoms with E-state index in [0.29, 0.717) is 25.1 Å². The number of benzene rings is 1. The van der Waals surface area contributed by atoms with Crippen molar-refractivity contribution in [2.45, 2.75) is 26.3 Å². The fourth-order valence-electron chi connectivity index (χ4n) is 2.63. The average molecular weight is 278 g/mol. The molecule has 2 rings (SSSR count). The van der Waals surface area contributed by atoms with Gasteiger partial charge in [-0.2, -0.15) is 0 Å². The first-order valence-electron chi connectivity index (χ1n) is 6.62. The minimum Gasteiger partial charge on any atom is -0.481 e. The van der Waals surface area contributed by atoms with Gasteiger partial charge >= 0.3 is 5.97 Å². The average Bonchev–Trinajstić information content (AvgIpc) is 2.87. The van der Waals surface area contributed by atoms with Crippen molar-refractivity contribution in [2.75, 3.05) is 13.1 Å². The molecule has 20 heavy (non-hydrogen) atoms. The molecule has 1 aliphatic heterocycles. The Morgan fingerprint density at radius 1 is 1.55 bits per heavy atom. The van der Waals surface area contributed by atoms with Crippen molar-refractivity contribution in [3.05, 3.63) is 39.4 Å². The van der Waals surface area contributed by atoms with Crippen LogP contribution in [0.4, 0.5) is 5.69 Å². The molecule has 1 N–H and O–H groups in total. The molecular weight excluding hydrogens is 260 g/mol. The van der Waals surface area contributed by atoms with Crippen LogP contribution in [0.2, 0.25) is 0 Å². The van der Waals surface area contributed by atoms with Crippen LogP contribution >= 0.6 is 0 Å². The fraction of sp³-hybridized carbons (Fsp3) is 0.500. The number of rotatable bonds is 4. The first-order chi connectivity index (χ1) is 9.40. The molecule has 1 aromatic carbocycles. The van der Waals surface area contributed by atoms with E-state index in [0.717, 1.165) is 5.56 Å². The Labute approximate surface area is 117 Å². The second-order valence-corrected chi connectivity index (χ2v) is 5.30. The number of nitro groups is 1.